The second-order valence-corrected chi connectivity index (χ2v) is 4.76. The Morgan fingerprint density at radius 2 is 1.84 bits per heavy atom. The van der Waals surface area contributed by atoms with Crippen LogP contribution in [-0.2, 0) is 4.79 Å². The molecule has 102 valence electrons. The van der Waals surface area contributed by atoms with E-state index in [0.717, 1.165) is 25.9 Å². The third-order valence-corrected chi connectivity index (χ3v) is 3.19. The van der Waals surface area contributed by atoms with Gasteiger partial charge in [-0.15, -0.1) is 0 Å². The SMILES string of the molecule is O=C(CN1CCCCC1)Nc1ccc(O)c(=O)cc1. The normalized spacial score (nSPS) is 16.0. The molecule has 1 aliphatic rings. The first-order valence-electron chi connectivity index (χ1n) is 6.51. The smallest absolute Gasteiger partial charge is 0.238 e. The molecule has 1 amide bonds. The molecule has 0 radical (unpaired) electrons. The van der Waals surface area contributed by atoms with E-state index >= 15 is 0 Å². The van der Waals surface area contributed by atoms with Gasteiger partial charge in [0.05, 0.1) is 6.54 Å². The molecule has 1 aliphatic heterocycles. The van der Waals surface area contributed by atoms with E-state index in [1.54, 1.807) is 0 Å². The van der Waals surface area contributed by atoms with Crippen molar-refractivity contribution in [2.75, 3.05) is 25.0 Å². The van der Waals surface area contributed by atoms with Crippen LogP contribution in [0.1, 0.15) is 19.3 Å². The van der Waals surface area contributed by atoms with E-state index in [2.05, 4.69) is 10.2 Å². The van der Waals surface area contributed by atoms with Gasteiger partial charge in [-0.25, -0.2) is 0 Å². The average molecular weight is 262 g/mol. The van der Waals surface area contributed by atoms with Crippen LogP contribution in [0.3, 0.4) is 0 Å². The van der Waals surface area contributed by atoms with Gasteiger partial charge in [-0.3, -0.25) is 14.5 Å². The van der Waals surface area contributed by atoms with Gasteiger partial charge in [0.1, 0.15) is 0 Å². The lowest BCUT2D eigenvalue weighted by atomic mass is 10.1. The van der Waals surface area contributed by atoms with Gasteiger partial charge in [0, 0.05) is 5.69 Å². The number of aromatic hydroxyl groups is 1. The molecule has 1 saturated heterocycles. The van der Waals surface area contributed by atoms with Crippen molar-refractivity contribution < 1.29 is 9.90 Å². The van der Waals surface area contributed by atoms with Gasteiger partial charge in [0.15, 0.2) is 5.75 Å². The standard InChI is InChI=1S/C14H18N2O3/c17-12-6-4-11(5-7-13(12)18)15-14(19)10-16-8-2-1-3-9-16/h4-7H,1-3,8-10H2,(H,15,19)(H,17,18). The van der Waals surface area contributed by atoms with Crippen molar-refractivity contribution in [3.63, 3.8) is 0 Å². The highest BCUT2D eigenvalue weighted by atomic mass is 16.3. The third kappa shape index (κ3) is 4.06. The first-order chi connectivity index (χ1) is 9.15. The van der Waals surface area contributed by atoms with E-state index in [4.69, 9.17) is 0 Å². The summed E-state index contributed by atoms with van der Waals surface area (Å²) in [6.45, 7) is 2.29. The van der Waals surface area contributed by atoms with Crippen LogP contribution in [0, 0.1) is 0 Å². The summed E-state index contributed by atoms with van der Waals surface area (Å²) >= 11 is 0. The Balaban J connectivity index is 1.95. The highest BCUT2D eigenvalue weighted by molar-refractivity contribution is 5.92. The zero-order valence-electron chi connectivity index (χ0n) is 10.8. The quantitative estimate of drug-likeness (QED) is 0.858. The van der Waals surface area contributed by atoms with E-state index in [0.29, 0.717) is 12.2 Å². The number of piperidine rings is 1. The summed E-state index contributed by atoms with van der Waals surface area (Å²) in [4.78, 5) is 25.2. The number of rotatable bonds is 3. The molecule has 1 aromatic carbocycles. The number of carbonyl (C=O) groups is 1. The molecule has 0 atom stereocenters. The molecular weight excluding hydrogens is 244 g/mol. The Morgan fingerprint density at radius 3 is 2.58 bits per heavy atom. The number of anilines is 1. The van der Waals surface area contributed by atoms with Crippen LogP contribution in [0.4, 0.5) is 5.69 Å². The minimum absolute atomic E-state index is 0.0972. The first kappa shape index (κ1) is 13.5. The number of hydrogen-bond donors (Lipinski definition) is 2. The monoisotopic (exact) mass is 262 g/mol. The highest BCUT2D eigenvalue weighted by Crippen LogP contribution is 2.10. The second-order valence-electron chi connectivity index (χ2n) is 4.76. The zero-order chi connectivity index (χ0) is 13.7. The maximum atomic E-state index is 11.9. The van der Waals surface area contributed by atoms with Crippen molar-refractivity contribution in [1.29, 1.82) is 0 Å². The molecular formula is C14H18N2O3. The molecule has 2 N–H and O–H groups in total. The third-order valence-electron chi connectivity index (χ3n) is 3.19. The number of hydrogen-bond acceptors (Lipinski definition) is 4. The van der Waals surface area contributed by atoms with Gasteiger partial charge in [-0.1, -0.05) is 6.42 Å². The molecule has 2 rings (SSSR count). The lowest BCUT2D eigenvalue weighted by molar-refractivity contribution is -0.117. The molecule has 0 aromatic heterocycles. The van der Waals surface area contributed by atoms with Gasteiger partial charge in [-0.05, 0) is 50.2 Å². The molecule has 0 spiro atoms. The lowest BCUT2D eigenvalue weighted by Crippen LogP contribution is -2.36. The minimum Gasteiger partial charge on any atom is -0.504 e. The Morgan fingerprint density at radius 1 is 1.16 bits per heavy atom. The molecule has 0 unspecified atom stereocenters. The van der Waals surface area contributed by atoms with Crippen molar-refractivity contribution in [2.45, 2.75) is 19.3 Å². The zero-order valence-corrected chi connectivity index (χ0v) is 10.8. The second kappa shape index (κ2) is 6.33. The average Bonchev–Trinajstić information content (AvgIpc) is 2.55. The molecule has 1 aromatic rings. The molecule has 5 heteroatoms. The van der Waals surface area contributed by atoms with Crippen LogP contribution in [0.25, 0.3) is 0 Å². The van der Waals surface area contributed by atoms with Gasteiger partial charge in [0.25, 0.3) is 0 Å². The predicted octanol–water partition coefficient (Wildman–Crippen LogP) is 1.18. The molecule has 5 nitrogen and oxygen atoms in total. The van der Waals surface area contributed by atoms with Crippen molar-refractivity contribution in [3.05, 3.63) is 34.5 Å². The number of nitrogens with zero attached hydrogens (tertiary/aromatic N) is 1. The topological polar surface area (TPSA) is 69.6 Å². The van der Waals surface area contributed by atoms with Crippen molar-refractivity contribution >= 4 is 11.6 Å². The fourth-order valence-electron chi connectivity index (χ4n) is 2.16. The van der Waals surface area contributed by atoms with Crippen molar-refractivity contribution in [2.24, 2.45) is 0 Å². The highest BCUT2D eigenvalue weighted by Gasteiger charge is 2.13. The summed E-state index contributed by atoms with van der Waals surface area (Å²) in [6, 6.07) is 5.55. The number of nitrogens with one attached hydrogen (secondary N) is 1. The van der Waals surface area contributed by atoms with Gasteiger partial charge < -0.3 is 10.4 Å². The fraction of sp³-hybridized carbons (Fsp3) is 0.429. The first-order valence-corrected chi connectivity index (χ1v) is 6.51. The Labute approximate surface area is 111 Å². The summed E-state index contributed by atoms with van der Waals surface area (Å²) in [5.74, 6) is -0.420. The van der Waals surface area contributed by atoms with E-state index < -0.39 is 5.43 Å². The van der Waals surface area contributed by atoms with Crippen LogP contribution in [-0.4, -0.2) is 35.5 Å². The molecule has 0 bridgehead atoms. The van der Waals surface area contributed by atoms with Crippen LogP contribution in [0.2, 0.25) is 0 Å². The molecule has 0 saturated carbocycles. The summed E-state index contributed by atoms with van der Waals surface area (Å²) in [7, 11) is 0. The predicted molar refractivity (Wildman–Crippen MR) is 73.3 cm³/mol. The maximum absolute atomic E-state index is 11.9. The molecule has 19 heavy (non-hydrogen) atoms. The van der Waals surface area contributed by atoms with E-state index in [9.17, 15) is 14.7 Å². The van der Waals surface area contributed by atoms with Crippen LogP contribution in [0.5, 0.6) is 5.75 Å². The van der Waals surface area contributed by atoms with Crippen molar-refractivity contribution in [3.8, 4) is 5.75 Å². The largest absolute Gasteiger partial charge is 0.504 e. The van der Waals surface area contributed by atoms with Gasteiger partial charge in [-0.2, -0.15) is 0 Å². The molecule has 1 fully saturated rings. The molecule has 0 aliphatic carbocycles. The summed E-state index contributed by atoms with van der Waals surface area (Å²) in [5, 5.41) is 12.0. The Bertz CT molecular complexity index is 510. The van der Waals surface area contributed by atoms with Crippen LogP contribution >= 0.6 is 0 Å². The fourth-order valence-corrected chi connectivity index (χ4v) is 2.16. The van der Waals surface area contributed by atoms with Gasteiger partial charge in [0.2, 0.25) is 11.3 Å². The van der Waals surface area contributed by atoms with Crippen LogP contribution < -0.4 is 10.7 Å². The lowest BCUT2D eigenvalue weighted by Gasteiger charge is -2.25. The Hall–Kier alpha value is -1.88. The van der Waals surface area contributed by atoms with Crippen molar-refractivity contribution in [1.82, 2.24) is 4.90 Å². The number of amides is 1. The maximum Gasteiger partial charge on any atom is 0.238 e. The number of likely N-dealkylation sites (tertiary alicyclic amines) is 1. The summed E-state index contributed by atoms with van der Waals surface area (Å²) in [6.07, 6.45) is 3.51. The number of carbonyl (C=O) groups excluding carboxylic acids is 1. The van der Waals surface area contributed by atoms with Crippen LogP contribution in [0.15, 0.2) is 29.1 Å². The Kier molecular flexibility index (Phi) is 4.52. The van der Waals surface area contributed by atoms with E-state index in [1.807, 2.05) is 0 Å². The molecule has 1 heterocycles. The van der Waals surface area contributed by atoms with E-state index in [-0.39, 0.29) is 11.7 Å². The van der Waals surface area contributed by atoms with Gasteiger partial charge >= 0.3 is 0 Å². The summed E-state index contributed by atoms with van der Waals surface area (Å²) in [5.41, 5.74) is 0.0518. The summed E-state index contributed by atoms with van der Waals surface area (Å²) < 4.78 is 0. The minimum atomic E-state index is -0.462. The van der Waals surface area contributed by atoms with E-state index in [1.165, 1.54) is 30.7 Å².